The highest BCUT2D eigenvalue weighted by atomic mass is 35.5. The first-order valence-corrected chi connectivity index (χ1v) is 9.39. The average molecular weight is 405 g/mol. The lowest BCUT2D eigenvalue weighted by molar-refractivity contribution is -0.126. The number of thioether (sulfide) groups is 1. The van der Waals surface area contributed by atoms with Crippen molar-refractivity contribution in [3.8, 4) is 0 Å². The summed E-state index contributed by atoms with van der Waals surface area (Å²) in [6, 6.07) is 3.18. The number of pyridine rings is 1. The molecule has 0 fully saturated rings. The monoisotopic (exact) mass is 404 g/mol. The van der Waals surface area contributed by atoms with Crippen molar-refractivity contribution < 1.29 is 13.2 Å². The molecule has 0 aliphatic heterocycles. The number of nitrogens with two attached hydrogens (primary N) is 1. The van der Waals surface area contributed by atoms with E-state index >= 15 is 0 Å². The van der Waals surface area contributed by atoms with Crippen molar-refractivity contribution in [2.24, 2.45) is 0 Å². The predicted molar refractivity (Wildman–Crippen MR) is 95.3 cm³/mol. The van der Waals surface area contributed by atoms with Crippen LogP contribution in [0.2, 0.25) is 5.15 Å². The Morgan fingerprint density at radius 1 is 1.24 bits per heavy atom. The second-order valence-corrected chi connectivity index (χ2v) is 7.58. The summed E-state index contributed by atoms with van der Waals surface area (Å²) in [4.78, 5) is 12.4. The number of halogens is 4. The fraction of sp³-hybridized carbons (Fsp3) is 0.267. The summed E-state index contributed by atoms with van der Waals surface area (Å²) >= 11 is 8.45. The van der Waals surface area contributed by atoms with E-state index in [9.17, 15) is 13.2 Å². The minimum absolute atomic E-state index is 0.268. The molecule has 2 N–H and O–H groups in total. The summed E-state index contributed by atoms with van der Waals surface area (Å²) in [6.45, 7) is 0. The van der Waals surface area contributed by atoms with Crippen molar-refractivity contribution in [1.29, 1.82) is 0 Å². The van der Waals surface area contributed by atoms with Crippen LogP contribution >= 0.6 is 34.7 Å². The summed E-state index contributed by atoms with van der Waals surface area (Å²) in [7, 11) is 0. The van der Waals surface area contributed by atoms with Gasteiger partial charge in [-0.25, -0.2) is 9.97 Å². The van der Waals surface area contributed by atoms with Gasteiger partial charge in [-0.15, -0.1) is 11.3 Å². The van der Waals surface area contributed by atoms with Gasteiger partial charge in [0.25, 0.3) is 0 Å². The molecule has 25 heavy (non-hydrogen) atoms. The molecule has 3 aromatic rings. The van der Waals surface area contributed by atoms with E-state index in [2.05, 4.69) is 15.0 Å². The molecule has 0 atom stereocenters. The second-order valence-electron chi connectivity index (χ2n) is 5.22. The Morgan fingerprint density at radius 3 is 2.76 bits per heavy atom. The summed E-state index contributed by atoms with van der Waals surface area (Å²) in [5.74, 6) is 0.897. The van der Waals surface area contributed by atoms with Crippen LogP contribution in [0.4, 0.5) is 19.0 Å². The maximum absolute atomic E-state index is 12.7. The highest BCUT2D eigenvalue weighted by Gasteiger charge is 2.29. The van der Waals surface area contributed by atoms with E-state index in [-0.39, 0.29) is 16.5 Å². The molecule has 0 aliphatic rings. The van der Waals surface area contributed by atoms with Crippen LogP contribution in [0.3, 0.4) is 0 Å². The molecule has 0 aromatic carbocycles. The van der Waals surface area contributed by atoms with Gasteiger partial charge in [0.1, 0.15) is 11.0 Å². The minimum atomic E-state index is -4.23. The highest BCUT2D eigenvalue weighted by molar-refractivity contribution is 7.99. The first kappa shape index (κ1) is 18.2. The Hall–Kier alpha value is -1.58. The summed E-state index contributed by atoms with van der Waals surface area (Å²) in [5, 5.41) is 2.88. The van der Waals surface area contributed by atoms with Crippen LogP contribution in [0.25, 0.3) is 10.1 Å². The van der Waals surface area contributed by atoms with E-state index in [1.807, 2.05) is 0 Å². The molecule has 3 heterocycles. The molecular formula is C15H12ClF3N4S2. The van der Waals surface area contributed by atoms with Crippen molar-refractivity contribution >= 4 is 50.6 Å². The van der Waals surface area contributed by atoms with E-state index < -0.39 is 12.6 Å². The Labute approximate surface area is 154 Å². The first-order chi connectivity index (χ1) is 11.8. The van der Waals surface area contributed by atoms with Crippen molar-refractivity contribution in [1.82, 2.24) is 15.0 Å². The molecule has 0 aliphatic carbocycles. The predicted octanol–water partition coefficient (Wildman–Crippen LogP) is 4.76. The number of nitrogens with zero attached hydrogens (tertiary/aromatic N) is 3. The smallest absolute Gasteiger partial charge is 0.384 e. The molecular weight excluding hydrogens is 393 g/mol. The number of hydrogen-bond acceptors (Lipinski definition) is 6. The van der Waals surface area contributed by atoms with Gasteiger partial charge in [-0.05, 0) is 28.8 Å². The van der Waals surface area contributed by atoms with Crippen LogP contribution in [-0.4, -0.2) is 26.9 Å². The maximum atomic E-state index is 12.7. The molecule has 0 saturated heterocycles. The van der Waals surface area contributed by atoms with Gasteiger partial charge in [0.15, 0.2) is 5.16 Å². The van der Waals surface area contributed by atoms with Gasteiger partial charge in [-0.1, -0.05) is 23.4 Å². The number of aryl methyl sites for hydroxylation is 1. The quantitative estimate of drug-likeness (QED) is 0.377. The molecule has 0 unspecified atom stereocenters. The molecule has 0 spiro atoms. The van der Waals surface area contributed by atoms with E-state index in [0.29, 0.717) is 22.7 Å². The topological polar surface area (TPSA) is 64.7 Å². The van der Waals surface area contributed by atoms with Crippen LogP contribution in [0.15, 0.2) is 28.9 Å². The lowest BCUT2D eigenvalue weighted by atomic mass is 10.1. The van der Waals surface area contributed by atoms with E-state index in [1.54, 1.807) is 17.6 Å². The summed E-state index contributed by atoms with van der Waals surface area (Å²) in [5.41, 5.74) is 6.61. The molecule has 3 rings (SSSR count). The molecule has 0 radical (unpaired) electrons. The van der Waals surface area contributed by atoms with Gasteiger partial charge >= 0.3 is 6.18 Å². The number of aromatic nitrogens is 3. The van der Waals surface area contributed by atoms with Crippen LogP contribution < -0.4 is 5.73 Å². The number of alkyl halides is 3. The van der Waals surface area contributed by atoms with Crippen molar-refractivity contribution in [2.75, 3.05) is 11.5 Å². The molecule has 0 bridgehead atoms. The molecule has 4 nitrogen and oxygen atoms in total. The third-order valence-corrected chi connectivity index (χ3v) is 5.30. The largest absolute Gasteiger partial charge is 0.393 e. The maximum Gasteiger partial charge on any atom is 0.393 e. The van der Waals surface area contributed by atoms with Crippen LogP contribution in [0.1, 0.15) is 11.3 Å². The lowest BCUT2D eigenvalue weighted by Crippen LogP contribution is -2.11. The van der Waals surface area contributed by atoms with Gasteiger partial charge in [0.05, 0.1) is 11.1 Å². The van der Waals surface area contributed by atoms with Gasteiger partial charge in [-0.3, -0.25) is 4.98 Å². The van der Waals surface area contributed by atoms with Gasteiger partial charge in [0, 0.05) is 23.7 Å². The Morgan fingerprint density at radius 2 is 2.04 bits per heavy atom. The number of rotatable bonds is 5. The SMILES string of the molecule is Nc1cc(Cl)nc(SCCc2cc3c(CC(F)(F)F)csc3cn2)n1. The van der Waals surface area contributed by atoms with Crippen molar-refractivity contribution in [3.05, 3.63) is 40.1 Å². The zero-order chi connectivity index (χ0) is 18.0. The van der Waals surface area contributed by atoms with E-state index in [1.165, 1.54) is 29.2 Å². The Balaban J connectivity index is 1.70. The average Bonchev–Trinajstić information content (AvgIpc) is 2.87. The number of anilines is 1. The lowest BCUT2D eigenvalue weighted by Gasteiger charge is -2.06. The number of hydrogen-bond donors (Lipinski definition) is 1. The standard InChI is InChI=1S/C15H12ClF3N4S2/c16-12-4-13(20)23-14(22-12)24-2-1-9-3-10-8(5-15(17,18)19)7-25-11(10)6-21-9/h3-4,6-7H,1-2,5H2,(H2,20,22,23). The molecule has 10 heteroatoms. The molecule has 132 valence electrons. The fourth-order valence-corrected chi connectivity index (χ4v) is 4.22. The Bertz CT molecular complexity index is 878. The normalized spacial score (nSPS) is 12.0. The van der Waals surface area contributed by atoms with Gasteiger partial charge in [0.2, 0.25) is 0 Å². The summed E-state index contributed by atoms with van der Waals surface area (Å²) < 4.78 is 38.7. The summed E-state index contributed by atoms with van der Waals surface area (Å²) in [6.07, 6.45) is -2.97. The fourth-order valence-electron chi connectivity index (χ4n) is 2.24. The zero-order valence-corrected chi connectivity index (χ0v) is 15.1. The van der Waals surface area contributed by atoms with Crippen molar-refractivity contribution in [3.63, 3.8) is 0 Å². The number of nitrogen functional groups attached to an aromatic ring is 1. The minimum Gasteiger partial charge on any atom is -0.384 e. The third kappa shape index (κ3) is 4.96. The van der Waals surface area contributed by atoms with E-state index in [0.717, 1.165) is 10.4 Å². The Kier molecular flexibility index (Phi) is 5.35. The molecule has 0 amide bonds. The van der Waals surface area contributed by atoms with Crippen molar-refractivity contribution in [2.45, 2.75) is 24.2 Å². The van der Waals surface area contributed by atoms with Crippen LogP contribution in [-0.2, 0) is 12.8 Å². The zero-order valence-electron chi connectivity index (χ0n) is 12.7. The van der Waals surface area contributed by atoms with Gasteiger partial charge < -0.3 is 5.73 Å². The third-order valence-electron chi connectivity index (χ3n) is 3.27. The number of fused-ring (bicyclic) bond motifs is 1. The first-order valence-electron chi connectivity index (χ1n) is 7.15. The molecule has 0 saturated carbocycles. The van der Waals surface area contributed by atoms with Crippen LogP contribution in [0, 0.1) is 0 Å². The number of thiophene rings is 1. The van der Waals surface area contributed by atoms with Crippen LogP contribution in [0.5, 0.6) is 0 Å². The van der Waals surface area contributed by atoms with E-state index in [4.69, 9.17) is 17.3 Å². The van der Waals surface area contributed by atoms with Gasteiger partial charge in [-0.2, -0.15) is 13.2 Å². The molecule has 3 aromatic heterocycles. The highest BCUT2D eigenvalue weighted by Crippen LogP contribution is 2.31. The second kappa shape index (κ2) is 7.35.